The van der Waals surface area contributed by atoms with E-state index in [0.29, 0.717) is 6.42 Å². The summed E-state index contributed by atoms with van der Waals surface area (Å²) in [6.07, 6.45) is 10.4. The molecule has 0 radical (unpaired) electrons. The second-order valence-electron chi connectivity index (χ2n) is 4.27. The Balaban J connectivity index is 3.13. The fraction of sp³-hybridized carbons (Fsp3) is 1.00. The Bertz CT molecular complexity index is 196. The van der Waals surface area contributed by atoms with E-state index in [-0.39, 0.29) is 6.16 Å². The maximum absolute atomic E-state index is 10.9. The summed E-state index contributed by atoms with van der Waals surface area (Å²) in [5, 5.41) is 8.10. The molecule has 2 N–H and O–H groups in total. The van der Waals surface area contributed by atoms with E-state index in [4.69, 9.17) is 10.2 Å². The fourth-order valence-electron chi connectivity index (χ4n) is 1.66. The number of hydrogen-bond donors (Lipinski definition) is 2. The quantitative estimate of drug-likeness (QED) is 0.250. The lowest BCUT2D eigenvalue weighted by atomic mass is 10.1. The Hall–Kier alpha value is 0.110. The number of hydrogen-bond acceptors (Lipinski definition) is 3. The molecule has 0 aromatic carbocycles. The van der Waals surface area contributed by atoms with E-state index in [0.717, 1.165) is 12.8 Å². The minimum atomic E-state index is -3.69. The predicted molar refractivity (Wildman–Crippen MR) is 65.6 cm³/mol. The number of unbranched alkanes of at least 4 members (excludes halogenated alkanes) is 8. The van der Waals surface area contributed by atoms with Crippen LogP contribution >= 0.6 is 7.60 Å². The molecule has 0 aromatic rings. The van der Waals surface area contributed by atoms with Gasteiger partial charge in [0.05, 0.1) is 6.16 Å². The van der Waals surface area contributed by atoms with Gasteiger partial charge in [0.25, 0.3) is 0 Å². The SMILES string of the molecule is CCCCCCCCCCCP(=O)(O)OO. The Morgan fingerprint density at radius 3 is 1.81 bits per heavy atom. The van der Waals surface area contributed by atoms with Crippen LogP contribution in [0.25, 0.3) is 0 Å². The summed E-state index contributed by atoms with van der Waals surface area (Å²) in [6, 6.07) is 0. The summed E-state index contributed by atoms with van der Waals surface area (Å²) >= 11 is 0. The van der Waals surface area contributed by atoms with Gasteiger partial charge < -0.3 is 4.89 Å². The Morgan fingerprint density at radius 2 is 1.38 bits per heavy atom. The van der Waals surface area contributed by atoms with Crippen molar-refractivity contribution in [3.63, 3.8) is 0 Å². The standard InChI is InChI=1S/C11H25O4P/c1-2-3-4-5-6-7-8-9-10-11-16(13,14)15-12/h12H,2-11H2,1H3,(H,13,14). The summed E-state index contributed by atoms with van der Waals surface area (Å²) in [5.74, 6) is 0. The van der Waals surface area contributed by atoms with E-state index in [1.54, 1.807) is 0 Å². The third-order valence-electron chi connectivity index (χ3n) is 2.67. The summed E-state index contributed by atoms with van der Waals surface area (Å²) in [5.41, 5.74) is 0. The molecule has 0 fully saturated rings. The van der Waals surface area contributed by atoms with Crippen molar-refractivity contribution in [1.29, 1.82) is 0 Å². The van der Waals surface area contributed by atoms with Gasteiger partial charge in [-0.05, 0) is 6.42 Å². The van der Waals surface area contributed by atoms with Crippen LogP contribution in [0.3, 0.4) is 0 Å². The van der Waals surface area contributed by atoms with Gasteiger partial charge in [0.15, 0.2) is 0 Å². The smallest absolute Gasteiger partial charge is 0.323 e. The average Bonchev–Trinajstić information content (AvgIpc) is 2.27. The van der Waals surface area contributed by atoms with Crippen molar-refractivity contribution in [2.75, 3.05) is 6.16 Å². The average molecular weight is 252 g/mol. The normalized spacial score (nSPS) is 14.9. The van der Waals surface area contributed by atoms with Crippen LogP contribution < -0.4 is 0 Å². The van der Waals surface area contributed by atoms with Gasteiger partial charge in [0.2, 0.25) is 0 Å². The Morgan fingerprint density at radius 1 is 0.938 bits per heavy atom. The fourth-order valence-corrected chi connectivity index (χ4v) is 2.37. The Labute approximate surface area is 98.5 Å². The molecule has 0 aliphatic heterocycles. The van der Waals surface area contributed by atoms with Crippen LogP contribution in [0.1, 0.15) is 64.7 Å². The second kappa shape index (κ2) is 10.3. The van der Waals surface area contributed by atoms with E-state index in [2.05, 4.69) is 11.6 Å². The third-order valence-corrected chi connectivity index (χ3v) is 3.81. The van der Waals surface area contributed by atoms with Gasteiger partial charge in [-0.15, -0.1) is 0 Å². The molecular weight excluding hydrogens is 227 g/mol. The van der Waals surface area contributed by atoms with Crippen LogP contribution in [0.4, 0.5) is 0 Å². The second-order valence-corrected chi connectivity index (χ2v) is 6.16. The predicted octanol–water partition coefficient (Wildman–Crippen LogP) is 4.19. The summed E-state index contributed by atoms with van der Waals surface area (Å²) in [4.78, 5) is 8.91. The maximum atomic E-state index is 10.9. The van der Waals surface area contributed by atoms with Gasteiger partial charge in [-0.25, -0.2) is 5.26 Å². The molecule has 0 heterocycles. The van der Waals surface area contributed by atoms with Crippen LogP contribution in [0.5, 0.6) is 0 Å². The molecular formula is C11H25O4P. The van der Waals surface area contributed by atoms with Gasteiger partial charge in [-0.1, -0.05) is 58.3 Å². The van der Waals surface area contributed by atoms with Crippen molar-refractivity contribution in [3.05, 3.63) is 0 Å². The summed E-state index contributed by atoms with van der Waals surface area (Å²) in [7, 11) is -3.69. The highest BCUT2D eigenvalue weighted by Gasteiger charge is 2.17. The van der Waals surface area contributed by atoms with Crippen molar-refractivity contribution in [2.24, 2.45) is 0 Å². The monoisotopic (exact) mass is 252 g/mol. The zero-order chi connectivity index (χ0) is 12.3. The largest absolute Gasteiger partial charge is 0.355 e. The van der Waals surface area contributed by atoms with Crippen molar-refractivity contribution in [3.8, 4) is 0 Å². The third kappa shape index (κ3) is 10.6. The molecule has 0 aromatic heterocycles. The molecule has 4 nitrogen and oxygen atoms in total. The van der Waals surface area contributed by atoms with Crippen molar-refractivity contribution >= 4 is 7.60 Å². The van der Waals surface area contributed by atoms with Crippen LogP contribution in [-0.4, -0.2) is 16.3 Å². The highest BCUT2D eigenvalue weighted by molar-refractivity contribution is 7.52. The van der Waals surface area contributed by atoms with E-state index in [9.17, 15) is 4.57 Å². The van der Waals surface area contributed by atoms with Gasteiger partial charge in [0.1, 0.15) is 0 Å². The van der Waals surface area contributed by atoms with Crippen LogP contribution in [-0.2, 0) is 9.24 Å². The van der Waals surface area contributed by atoms with E-state index >= 15 is 0 Å². The minimum Gasteiger partial charge on any atom is -0.323 e. The summed E-state index contributed by atoms with van der Waals surface area (Å²) in [6.45, 7) is 2.20. The van der Waals surface area contributed by atoms with Crippen molar-refractivity contribution in [1.82, 2.24) is 0 Å². The highest BCUT2D eigenvalue weighted by atomic mass is 31.2. The molecule has 0 bridgehead atoms. The van der Waals surface area contributed by atoms with E-state index < -0.39 is 7.60 Å². The van der Waals surface area contributed by atoms with Gasteiger partial charge >= 0.3 is 7.60 Å². The zero-order valence-electron chi connectivity index (χ0n) is 10.2. The first kappa shape index (κ1) is 16.1. The maximum Gasteiger partial charge on any atom is 0.355 e. The van der Waals surface area contributed by atoms with Gasteiger partial charge in [0, 0.05) is 0 Å². The lowest BCUT2D eigenvalue weighted by Gasteiger charge is -2.06. The molecule has 1 atom stereocenters. The molecule has 0 aliphatic rings. The summed E-state index contributed by atoms with van der Waals surface area (Å²) < 4.78 is 14.4. The number of rotatable bonds is 11. The first-order valence-corrected chi connectivity index (χ1v) is 8.03. The molecule has 16 heavy (non-hydrogen) atoms. The topological polar surface area (TPSA) is 66.8 Å². The Kier molecular flexibility index (Phi) is 10.3. The first-order chi connectivity index (χ1) is 7.62. The zero-order valence-corrected chi connectivity index (χ0v) is 11.1. The molecule has 1 unspecified atom stereocenters. The molecule has 5 heteroatoms. The van der Waals surface area contributed by atoms with Crippen LogP contribution in [0.2, 0.25) is 0 Å². The minimum absolute atomic E-state index is 0.0549. The lowest BCUT2D eigenvalue weighted by molar-refractivity contribution is -0.145. The highest BCUT2D eigenvalue weighted by Crippen LogP contribution is 2.41. The molecule has 0 aliphatic carbocycles. The van der Waals surface area contributed by atoms with Gasteiger partial charge in [-0.2, -0.15) is 4.67 Å². The molecule has 0 rings (SSSR count). The molecule has 0 saturated heterocycles. The first-order valence-electron chi connectivity index (χ1n) is 6.27. The van der Waals surface area contributed by atoms with E-state index in [1.807, 2.05) is 0 Å². The van der Waals surface area contributed by atoms with E-state index in [1.165, 1.54) is 38.5 Å². The molecule has 0 spiro atoms. The van der Waals surface area contributed by atoms with Crippen LogP contribution in [0, 0.1) is 0 Å². The molecule has 98 valence electrons. The molecule has 0 amide bonds. The van der Waals surface area contributed by atoms with Crippen LogP contribution in [0.15, 0.2) is 0 Å². The van der Waals surface area contributed by atoms with Gasteiger partial charge in [-0.3, -0.25) is 4.57 Å². The lowest BCUT2D eigenvalue weighted by Crippen LogP contribution is -1.91. The van der Waals surface area contributed by atoms with Crippen molar-refractivity contribution in [2.45, 2.75) is 64.7 Å². The molecule has 0 saturated carbocycles. The van der Waals surface area contributed by atoms with Crippen molar-refractivity contribution < 1.29 is 19.4 Å².